The van der Waals surface area contributed by atoms with Gasteiger partial charge in [-0.25, -0.2) is 9.05 Å². The third-order valence-corrected chi connectivity index (χ3v) is 8.33. The predicted octanol–water partition coefficient (Wildman–Crippen LogP) is 11.9. The molecule has 49 heavy (non-hydrogen) atoms. The Bertz CT molecular complexity index is 1200. The molecular weight excluding hydrogens is 683 g/mol. The molecule has 0 bridgehead atoms. The van der Waals surface area contributed by atoms with Crippen LogP contribution in [0.3, 0.4) is 0 Å². The number of aliphatic hydroxyl groups is 2. The van der Waals surface area contributed by atoms with Crippen molar-refractivity contribution in [1.82, 2.24) is 0 Å². The van der Waals surface area contributed by atoms with Crippen molar-refractivity contribution in [3.63, 3.8) is 0 Å². The van der Waals surface area contributed by atoms with Gasteiger partial charge in [0.15, 0.2) is 0 Å². The fourth-order valence-corrected chi connectivity index (χ4v) is 5.40. The largest absolute Gasteiger partial charge is 0.429 e. The third kappa shape index (κ3) is 17.1. The Morgan fingerprint density at radius 1 is 0.551 bits per heavy atom. The Balaban J connectivity index is 5.53. The second-order valence-corrected chi connectivity index (χ2v) is 14.9. The smallest absolute Gasteiger partial charge is 0.382 e. The maximum atomic E-state index is 14.6. The fraction of sp³-hybridized carbons (Fsp3) is 0.657. The van der Waals surface area contributed by atoms with Gasteiger partial charge in [0, 0.05) is 6.66 Å². The van der Waals surface area contributed by atoms with Crippen LogP contribution in [0.2, 0.25) is 0 Å². The summed E-state index contributed by atoms with van der Waals surface area (Å²) < 4.78 is 135. The molecule has 2 unspecified atom stereocenters. The van der Waals surface area contributed by atoms with Crippen LogP contribution in [0, 0.1) is 0 Å². The van der Waals surface area contributed by atoms with Crippen LogP contribution in [0.5, 0.6) is 0 Å². The molecule has 0 aliphatic heterocycles. The quantitative estimate of drug-likeness (QED) is 0.0657. The van der Waals surface area contributed by atoms with Gasteiger partial charge in [-0.3, -0.25) is 4.57 Å². The summed E-state index contributed by atoms with van der Waals surface area (Å²) in [4.78, 5) is 0. The minimum atomic E-state index is -6.11. The summed E-state index contributed by atoms with van der Waals surface area (Å²) in [7, 11) is -6.11. The van der Waals surface area contributed by atoms with E-state index in [0.717, 1.165) is 48.0 Å². The van der Waals surface area contributed by atoms with E-state index in [0.29, 0.717) is 25.0 Å². The topological polar surface area (TPSA) is 76.0 Å². The van der Waals surface area contributed by atoms with Crippen molar-refractivity contribution in [3.8, 4) is 0 Å². The van der Waals surface area contributed by atoms with E-state index in [1.807, 2.05) is 65.8 Å². The summed E-state index contributed by atoms with van der Waals surface area (Å²) in [5.41, 5.74) is 4.43. The Kier molecular flexibility index (Phi) is 19.3. The van der Waals surface area contributed by atoms with Crippen molar-refractivity contribution in [2.24, 2.45) is 0 Å². The molecule has 0 heterocycles. The van der Waals surface area contributed by atoms with Gasteiger partial charge in [0.25, 0.3) is 0 Å². The zero-order valence-electron chi connectivity index (χ0n) is 29.9. The number of rotatable bonds is 22. The molecule has 0 aliphatic rings. The van der Waals surface area contributed by atoms with Gasteiger partial charge >= 0.3 is 31.7 Å². The summed E-state index contributed by atoms with van der Waals surface area (Å²) in [6.45, 7) is 13.9. The number of hydrogen-bond acceptors (Lipinski definition) is 5. The van der Waals surface area contributed by atoms with Crippen molar-refractivity contribution in [2.45, 2.75) is 143 Å². The Morgan fingerprint density at radius 2 is 0.816 bits per heavy atom. The molecule has 14 heteroatoms. The summed E-state index contributed by atoms with van der Waals surface area (Å²) in [5, 5.41) is 19.7. The lowest BCUT2D eigenvalue weighted by Crippen LogP contribution is -2.52. The zero-order valence-corrected chi connectivity index (χ0v) is 30.8. The molecule has 0 aromatic rings. The number of alkyl halides is 8. The number of allylic oxidation sites excluding steroid dienone is 10. The van der Waals surface area contributed by atoms with Crippen LogP contribution in [-0.2, 0) is 13.6 Å². The van der Waals surface area contributed by atoms with E-state index < -0.39 is 43.9 Å². The third-order valence-electron chi connectivity index (χ3n) is 7.21. The molecule has 2 atom stereocenters. The first-order valence-corrected chi connectivity index (χ1v) is 17.9. The van der Waals surface area contributed by atoms with Crippen LogP contribution in [0.4, 0.5) is 35.1 Å². The highest BCUT2D eigenvalue weighted by Crippen LogP contribution is 2.58. The van der Waals surface area contributed by atoms with Gasteiger partial charge in [-0.1, -0.05) is 69.9 Å². The van der Waals surface area contributed by atoms with Crippen molar-refractivity contribution >= 4 is 7.60 Å². The van der Waals surface area contributed by atoms with Crippen molar-refractivity contribution in [2.75, 3.05) is 6.66 Å². The van der Waals surface area contributed by atoms with Crippen LogP contribution in [0.25, 0.3) is 0 Å². The Morgan fingerprint density at radius 3 is 1.10 bits per heavy atom. The van der Waals surface area contributed by atoms with Gasteiger partial charge in [-0.15, -0.1) is 0 Å². The van der Waals surface area contributed by atoms with Crippen LogP contribution >= 0.6 is 7.60 Å². The van der Waals surface area contributed by atoms with Gasteiger partial charge in [-0.05, 0) is 107 Å². The average Bonchev–Trinajstić information content (AvgIpc) is 2.90. The van der Waals surface area contributed by atoms with Crippen molar-refractivity contribution < 1.29 is 58.9 Å². The van der Waals surface area contributed by atoms with E-state index in [1.165, 1.54) is 13.8 Å². The Labute approximate surface area is 286 Å². The van der Waals surface area contributed by atoms with Crippen LogP contribution in [0.15, 0.2) is 69.9 Å². The van der Waals surface area contributed by atoms with Gasteiger partial charge < -0.3 is 10.2 Å². The molecule has 5 nitrogen and oxygen atoms in total. The molecule has 0 aromatic carbocycles. The second-order valence-electron chi connectivity index (χ2n) is 13.0. The molecule has 0 radical (unpaired) electrons. The molecule has 0 spiro atoms. The molecule has 0 aliphatic carbocycles. The van der Waals surface area contributed by atoms with Crippen molar-refractivity contribution in [1.29, 1.82) is 0 Å². The number of halogens is 8. The highest BCUT2D eigenvalue weighted by Gasteiger charge is 2.68. The lowest BCUT2D eigenvalue weighted by molar-refractivity contribution is -0.351. The maximum absolute atomic E-state index is 14.6. The monoisotopic (exact) mass is 736 g/mol. The second kappa shape index (κ2) is 20.1. The SMILES string of the molecule is CC(C)=CCCC(C)=CCCC(C)=CC(O)C(F)(F)C(F)(F)OP(C)(=O)OC(F)(F)C(F)(F)C(O)C=C(C)CCC=C(C)CCC=C(C)C. The summed E-state index contributed by atoms with van der Waals surface area (Å²) in [6, 6.07) is 0. The summed E-state index contributed by atoms with van der Waals surface area (Å²) >= 11 is 0. The first-order valence-electron chi connectivity index (χ1n) is 16.0. The molecule has 284 valence electrons. The van der Waals surface area contributed by atoms with Gasteiger partial charge in [0.1, 0.15) is 12.2 Å². The summed E-state index contributed by atoms with van der Waals surface area (Å²) in [5.74, 6) is -11.1. The molecule has 0 rings (SSSR count). The van der Waals surface area contributed by atoms with Crippen LogP contribution in [0.1, 0.15) is 107 Å². The minimum absolute atomic E-state index is 0.0707. The van der Waals surface area contributed by atoms with E-state index in [2.05, 4.69) is 9.05 Å². The lowest BCUT2D eigenvalue weighted by atomic mass is 10.0. The molecule has 0 saturated heterocycles. The molecule has 0 amide bonds. The van der Waals surface area contributed by atoms with E-state index in [4.69, 9.17) is 0 Å². The number of aliphatic hydroxyl groups excluding tert-OH is 2. The normalized spacial score (nSPS) is 17.0. The molecule has 0 saturated carbocycles. The van der Waals surface area contributed by atoms with Gasteiger partial charge in [0.05, 0.1) is 0 Å². The Hall–Kier alpha value is -2.05. The molecule has 0 aromatic heterocycles. The van der Waals surface area contributed by atoms with E-state index in [-0.39, 0.29) is 30.7 Å². The zero-order chi connectivity index (χ0) is 38.4. The molecule has 0 fully saturated rings. The highest BCUT2D eigenvalue weighted by molar-refractivity contribution is 7.53. The predicted molar refractivity (Wildman–Crippen MR) is 178 cm³/mol. The standard InChI is InChI=1S/C35H53F8O5P/c1-24(2)14-10-16-26(5)18-12-20-28(7)22-30(44)32(36,37)34(40,41)47-49(9,46)48-35(42,43)33(38,39)31(45)23-29(8)21-13-19-27(6)17-11-15-25(3)4/h14-15,18-19,22-23,30-31,44-45H,10-13,16-17,20-21H2,1-9H3. The highest BCUT2D eigenvalue weighted by atomic mass is 31.2. The lowest BCUT2D eigenvalue weighted by Gasteiger charge is -2.33. The van der Waals surface area contributed by atoms with Gasteiger partial charge in [-0.2, -0.15) is 35.1 Å². The molecular formula is C35H53F8O5P. The first kappa shape index (κ1) is 47.0. The van der Waals surface area contributed by atoms with E-state index >= 15 is 0 Å². The van der Waals surface area contributed by atoms with Gasteiger partial charge in [0.2, 0.25) is 0 Å². The van der Waals surface area contributed by atoms with Crippen molar-refractivity contribution in [3.05, 3.63) is 69.9 Å². The summed E-state index contributed by atoms with van der Waals surface area (Å²) in [6.07, 6.45) is -5.84. The van der Waals surface area contributed by atoms with E-state index in [1.54, 1.807) is 0 Å². The van der Waals surface area contributed by atoms with E-state index in [9.17, 15) is 49.9 Å². The average molecular weight is 737 g/mol. The minimum Gasteiger partial charge on any atom is -0.382 e. The van der Waals surface area contributed by atoms with Crippen LogP contribution < -0.4 is 0 Å². The first-order chi connectivity index (χ1) is 22.2. The maximum Gasteiger partial charge on any atom is 0.429 e. The van der Waals surface area contributed by atoms with Crippen LogP contribution in [-0.4, -0.2) is 53.1 Å². The number of hydrogen-bond donors (Lipinski definition) is 2. The molecule has 2 N–H and O–H groups in total. The fourth-order valence-electron chi connectivity index (χ4n) is 4.29.